The molecule has 1 aromatic heterocycles. The fraction of sp³-hybridized carbons (Fsp3) is 0.214. The van der Waals surface area contributed by atoms with Crippen LogP contribution in [0.4, 0.5) is 5.69 Å². The van der Waals surface area contributed by atoms with Crippen LogP contribution in [0.25, 0.3) is 0 Å². The average molecular weight is 288 g/mol. The van der Waals surface area contributed by atoms with Gasteiger partial charge >= 0.3 is 5.97 Å². The molecule has 0 aliphatic carbocycles. The lowest BCUT2D eigenvalue weighted by molar-refractivity contribution is -0.137. The molecule has 1 heterocycles. The highest BCUT2D eigenvalue weighted by Gasteiger charge is 2.15. The molecule has 0 aliphatic heterocycles. The SMILES string of the molecule is N[C@@H](Cc1ccccc1)C(=O)Nc1cnn(CC(=O)O)c1. The number of benzene rings is 1. The second-order valence-corrected chi connectivity index (χ2v) is 4.61. The van der Waals surface area contributed by atoms with Crippen LogP contribution in [0.3, 0.4) is 0 Å². The molecule has 1 aromatic carbocycles. The predicted octanol–water partition coefficient (Wildman–Crippen LogP) is 0.476. The highest BCUT2D eigenvalue weighted by molar-refractivity contribution is 5.94. The third kappa shape index (κ3) is 4.43. The molecule has 0 saturated carbocycles. The van der Waals surface area contributed by atoms with Crippen LogP contribution in [0.15, 0.2) is 42.7 Å². The van der Waals surface area contributed by atoms with Gasteiger partial charge in [-0.3, -0.25) is 14.3 Å². The van der Waals surface area contributed by atoms with E-state index in [4.69, 9.17) is 10.8 Å². The van der Waals surface area contributed by atoms with Gasteiger partial charge < -0.3 is 16.2 Å². The van der Waals surface area contributed by atoms with Crippen molar-refractivity contribution >= 4 is 17.6 Å². The molecule has 0 spiro atoms. The molecule has 110 valence electrons. The van der Waals surface area contributed by atoms with Crippen molar-refractivity contribution in [2.24, 2.45) is 5.73 Å². The quantitative estimate of drug-likeness (QED) is 0.716. The van der Waals surface area contributed by atoms with Crippen molar-refractivity contribution in [1.82, 2.24) is 9.78 Å². The number of anilines is 1. The van der Waals surface area contributed by atoms with Gasteiger partial charge in [0.2, 0.25) is 5.91 Å². The Labute approximate surface area is 121 Å². The smallest absolute Gasteiger partial charge is 0.325 e. The number of aromatic nitrogens is 2. The van der Waals surface area contributed by atoms with Gasteiger partial charge in [0.25, 0.3) is 0 Å². The zero-order valence-electron chi connectivity index (χ0n) is 11.3. The molecule has 0 saturated heterocycles. The molecule has 7 nitrogen and oxygen atoms in total. The number of nitrogens with two attached hydrogens (primary N) is 1. The lowest BCUT2D eigenvalue weighted by Gasteiger charge is -2.11. The van der Waals surface area contributed by atoms with Crippen molar-refractivity contribution in [1.29, 1.82) is 0 Å². The molecule has 0 bridgehead atoms. The minimum Gasteiger partial charge on any atom is -0.480 e. The van der Waals surface area contributed by atoms with Gasteiger partial charge in [-0.2, -0.15) is 5.10 Å². The summed E-state index contributed by atoms with van der Waals surface area (Å²) in [5.41, 5.74) is 7.25. The van der Waals surface area contributed by atoms with Crippen molar-refractivity contribution in [3.63, 3.8) is 0 Å². The Bertz CT molecular complexity index is 624. The van der Waals surface area contributed by atoms with Crippen LogP contribution in [-0.4, -0.2) is 32.8 Å². The van der Waals surface area contributed by atoms with E-state index in [0.717, 1.165) is 5.56 Å². The number of carbonyl (C=O) groups excluding carboxylic acids is 1. The number of nitrogens with one attached hydrogen (secondary N) is 1. The summed E-state index contributed by atoms with van der Waals surface area (Å²) in [4.78, 5) is 22.5. The second kappa shape index (κ2) is 6.67. The summed E-state index contributed by atoms with van der Waals surface area (Å²) >= 11 is 0. The van der Waals surface area contributed by atoms with Crippen molar-refractivity contribution in [3.8, 4) is 0 Å². The Balaban J connectivity index is 1.91. The van der Waals surface area contributed by atoms with Gasteiger partial charge in [-0.15, -0.1) is 0 Å². The van der Waals surface area contributed by atoms with Gasteiger partial charge in [0, 0.05) is 6.20 Å². The minimum atomic E-state index is -1.00. The van der Waals surface area contributed by atoms with E-state index in [-0.39, 0.29) is 12.5 Å². The number of carboxylic acid groups (broad SMARTS) is 1. The predicted molar refractivity (Wildman–Crippen MR) is 76.6 cm³/mol. The Morgan fingerprint density at radius 1 is 1.33 bits per heavy atom. The average Bonchev–Trinajstić information content (AvgIpc) is 2.86. The Hall–Kier alpha value is -2.67. The van der Waals surface area contributed by atoms with E-state index in [1.807, 2.05) is 30.3 Å². The van der Waals surface area contributed by atoms with E-state index in [9.17, 15) is 9.59 Å². The van der Waals surface area contributed by atoms with Crippen LogP contribution in [0.1, 0.15) is 5.56 Å². The molecule has 21 heavy (non-hydrogen) atoms. The first kappa shape index (κ1) is 14.7. The summed E-state index contributed by atoms with van der Waals surface area (Å²) in [6.45, 7) is -0.258. The molecule has 2 aromatic rings. The summed E-state index contributed by atoms with van der Waals surface area (Å²) in [6.07, 6.45) is 3.26. The van der Waals surface area contributed by atoms with Gasteiger partial charge in [0.05, 0.1) is 17.9 Å². The molecule has 0 unspecified atom stereocenters. The number of aliphatic carboxylic acids is 1. The molecule has 1 atom stereocenters. The second-order valence-electron chi connectivity index (χ2n) is 4.61. The maximum absolute atomic E-state index is 12.0. The van der Waals surface area contributed by atoms with Crippen molar-refractivity contribution in [2.45, 2.75) is 19.0 Å². The van der Waals surface area contributed by atoms with Crippen LogP contribution in [0, 0.1) is 0 Å². The van der Waals surface area contributed by atoms with Crippen LogP contribution < -0.4 is 11.1 Å². The van der Waals surface area contributed by atoms with Gasteiger partial charge in [-0.25, -0.2) is 0 Å². The van der Waals surface area contributed by atoms with Crippen LogP contribution in [0.5, 0.6) is 0 Å². The number of carbonyl (C=O) groups is 2. The van der Waals surface area contributed by atoms with Gasteiger partial charge in [-0.05, 0) is 12.0 Å². The minimum absolute atomic E-state index is 0.258. The molecule has 0 aliphatic rings. The highest BCUT2D eigenvalue weighted by Crippen LogP contribution is 2.07. The van der Waals surface area contributed by atoms with Crippen molar-refractivity contribution < 1.29 is 14.7 Å². The monoisotopic (exact) mass is 288 g/mol. The standard InChI is InChI=1S/C14H16N4O3/c15-12(6-10-4-2-1-3-5-10)14(21)17-11-7-16-18(8-11)9-13(19)20/h1-5,7-8,12H,6,9,15H2,(H,17,21)(H,19,20)/t12-/m0/s1. The summed E-state index contributed by atoms with van der Waals surface area (Å²) in [6, 6.07) is 8.78. The molecular weight excluding hydrogens is 272 g/mol. The first-order valence-corrected chi connectivity index (χ1v) is 6.39. The Morgan fingerprint density at radius 2 is 2.05 bits per heavy atom. The molecule has 1 amide bonds. The first-order valence-electron chi connectivity index (χ1n) is 6.39. The zero-order valence-corrected chi connectivity index (χ0v) is 11.3. The van der Waals surface area contributed by atoms with E-state index >= 15 is 0 Å². The number of nitrogens with zero attached hydrogens (tertiary/aromatic N) is 2. The Morgan fingerprint density at radius 3 is 2.71 bits per heavy atom. The topological polar surface area (TPSA) is 110 Å². The first-order chi connectivity index (χ1) is 10.0. The highest BCUT2D eigenvalue weighted by atomic mass is 16.4. The van der Waals surface area contributed by atoms with Gasteiger partial charge in [0.1, 0.15) is 6.54 Å². The largest absolute Gasteiger partial charge is 0.480 e. The zero-order chi connectivity index (χ0) is 15.2. The molecule has 0 radical (unpaired) electrons. The van der Waals surface area contributed by atoms with Gasteiger partial charge in [-0.1, -0.05) is 30.3 Å². The van der Waals surface area contributed by atoms with Crippen LogP contribution >= 0.6 is 0 Å². The summed E-state index contributed by atoms with van der Waals surface area (Å²) in [5.74, 6) is -1.34. The van der Waals surface area contributed by atoms with E-state index in [0.29, 0.717) is 12.1 Å². The lowest BCUT2D eigenvalue weighted by Crippen LogP contribution is -2.37. The van der Waals surface area contributed by atoms with Gasteiger partial charge in [0.15, 0.2) is 0 Å². The molecule has 2 rings (SSSR count). The molecule has 7 heteroatoms. The number of amides is 1. The van der Waals surface area contributed by atoms with Crippen molar-refractivity contribution in [2.75, 3.05) is 5.32 Å². The molecule has 4 N–H and O–H groups in total. The maximum Gasteiger partial charge on any atom is 0.325 e. The fourth-order valence-corrected chi connectivity index (χ4v) is 1.85. The number of hydrogen-bond donors (Lipinski definition) is 3. The molecular formula is C14H16N4O3. The van der Waals surface area contributed by atoms with Crippen molar-refractivity contribution in [3.05, 3.63) is 48.3 Å². The van der Waals surface area contributed by atoms with E-state index in [1.165, 1.54) is 17.1 Å². The Kier molecular flexibility index (Phi) is 4.68. The number of hydrogen-bond acceptors (Lipinski definition) is 4. The maximum atomic E-state index is 12.0. The lowest BCUT2D eigenvalue weighted by atomic mass is 10.1. The summed E-state index contributed by atoms with van der Waals surface area (Å²) < 4.78 is 1.22. The number of rotatable bonds is 6. The van der Waals surface area contributed by atoms with E-state index in [2.05, 4.69) is 10.4 Å². The molecule has 0 fully saturated rings. The van der Waals surface area contributed by atoms with Crippen LogP contribution in [-0.2, 0) is 22.6 Å². The normalized spacial score (nSPS) is 11.9. The third-order valence-corrected chi connectivity index (χ3v) is 2.83. The summed E-state index contributed by atoms with van der Waals surface area (Å²) in [5, 5.41) is 15.1. The third-order valence-electron chi connectivity index (χ3n) is 2.83. The fourth-order valence-electron chi connectivity index (χ4n) is 1.85. The van der Waals surface area contributed by atoms with Crippen LogP contribution in [0.2, 0.25) is 0 Å². The van der Waals surface area contributed by atoms with E-state index in [1.54, 1.807) is 0 Å². The number of carboxylic acids is 1. The summed E-state index contributed by atoms with van der Waals surface area (Å²) in [7, 11) is 0. The van der Waals surface area contributed by atoms with E-state index < -0.39 is 12.0 Å².